The lowest BCUT2D eigenvalue weighted by Crippen LogP contribution is -2.08. The lowest BCUT2D eigenvalue weighted by molar-refractivity contribution is -0.139. The van der Waals surface area contributed by atoms with Gasteiger partial charge in [-0.3, -0.25) is 0 Å². The van der Waals surface area contributed by atoms with Crippen molar-refractivity contribution in [3.8, 4) is 11.5 Å². The van der Waals surface area contributed by atoms with E-state index in [9.17, 15) is 9.59 Å². The first kappa shape index (κ1) is 29.2. The van der Waals surface area contributed by atoms with Crippen molar-refractivity contribution in [2.24, 2.45) is 0 Å². The molecule has 0 heterocycles. The van der Waals surface area contributed by atoms with E-state index in [1.807, 2.05) is 48.5 Å². The summed E-state index contributed by atoms with van der Waals surface area (Å²) in [4.78, 5) is 23.9. The Hall–Kier alpha value is -4.78. The van der Waals surface area contributed by atoms with Gasteiger partial charge in [0.25, 0.3) is 0 Å². The Labute approximate surface area is 240 Å². The van der Waals surface area contributed by atoms with Crippen LogP contribution in [0.1, 0.15) is 48.5 Å². The minimum Gasteiger partial charge on any atom is -0.494 e. The van der Waals surface area contributed by atoms with Crippen LogP contribution in [0, 0.1) is 0 Å². The molecule has 0 bridgehead atoms. The molecular formula is C34H36N2O5. The number of fused-ring (bicyclic) bond motifs is 1. The summed E-state index contributed by atoms with van der Waals surface area (Å²) in [5, 5.41) is 5.56. The molecule has 212 valence electrons. The number of esters is 2. The molecule has 0 amide bonds. The van der Waals surface area contributed by atoms with Gasteiger partial charge >= 0.3 is 11.9 Å². The van der Waals surface area contributed by atoms with Gasteiger partial charge in [-0.25, -0.2) is 9.59 Å². The van der Waals surface area contributed by atoms with Crippen LogP contribution in [0.4, 0.5) is 11.4 Å². The van der Waals surface area contributed by atoms with Crippen molar-refractivity contribution in [1.29, 1.82) is 0 Å². The minimum atomic E-state index is -0.428. The fourth-order valence-corrected chi connectivity index (χ4v) is 4.24. The highest BCUT2D eigenvalue weighted by molar-refractivity contribution is 6.01. The Morgan fingerprint density at radius 3 is 2.15 bits per heavy atom. The molecule has 0 aliphatic heterocycles. The maximum atomic E-state index is 12.6. The van der Waals surface area contributed by atoms with Gasteiger partial charge in [0.2, 0.25) is 0 Å². The molecule has 0 aliphatic carbocycles. The van der Waals surface area contributed by atoms with Crippen molar-refractivity contribution in [1.82, 2.24) is 0 Å². The Balaban J connectivity index is 1.17. The zero-order valence-electron chi connectivity index (χ0n) is 23.4. The van der Waals surface area contributed by atoms with Gasteiger partial charge in [-0.1, -0.05) is 43.0 Å². The van der Waals surface area contributed by atoms with Crippen LogP contribution in [0.5, 0.6) is 11.5 Å². The third-order valence-electron chi connectivity index (χ3n) is 6.55. The quantitative estimate of drug-likeness (QED) is 0.0556. The molecule has 0 saturated heterocycles. The number of hydrogen-bond donors (Lipinski definition) is 2. The number of nitrogen functional groups attached to an aromatic ring is 1. The number of anilines is 2. The molecule has 0 spiro atoms. The highest BCUT2D eigenvalue weighted by Crippen LogP contribution is 2.28. The molecule has 0 saturated carbocycles. The normalized spacial score (nSPS) is 10.7. The number of carbonyl (C=O) groups is 2. The number of hydrogen-bond acceptors (Lipinski definition) is 7. The van der Waals surface area contributed by atoms with Gasteiger partial charge in [0.05, 0.1) is 18.8 Å². The first-order valence-corrected chi connectivity index (χ1v) is 13.8. The van der Waals surface area contributed by atoms with Crippen LogP contribution in [0.2, 0.25) is 0 Å². The molecule has 4 rings (SSSR count). The van der Waals surface area contributed by atoms with E-state index in [4.69, 9.17) is 19.9 Å². The number of benzene rings is 4. The average Bonchev–Trinajstić information content (AvgIpc) is 2.99. The molecule has 0 radical (unpaired) electrons. The SMILES string of the molecule is C=C(C)C(=O)OCCCCCCOc1ccc(C(=O)Oc2ccc(CNc3ccc(N)c4ccccc34)cc2)cc1. The summed E-state index contributed by atoms with van der Waals surface area (Å²) in [6.07, 6.45) is 3.63. The minimum absolute atomic E-state index is 0.341. The molecule has 0 atom stereocenters. The number of nitrogens with two attached hydrogens (primary N) is 1. The maximum absolute atomic E-state index is 12.6. The van der Waals surface area contributed by atoms with Crippen molar-refractivity contribution in [2.45, 2.75) is 39.2 Å². The van der Waals surface area contributed by atoms with Gasteiger partial charge in [-0.2, -0.15) is 0 Å². The summed E-state index contributed by atoms with van der Waals surface area (Å²) < 4.78 is 16.4. The summed E-state index contributed by atoms with van der Waals surface area (Å²) in [5.74, 6) is 0.406. The van der Waals surface area contributed by atoms with E-state index in [1.165, 1.54) is 0 Å². The molecule has 7 heteroatoms. The predicted molar refractivity (Wildman–Crippen MR) is 163 cm³/mol. The van der Waals surface area contributed by atoms with Crippen molar-refractivity contribution in [3.63, 3.8) is 0 Å². The molecule has 4 aromatic rings. The third-order valence-corrected chi connectivity index (χ3v) is 6.55. The van der Waals surface area contributed by atoms with Crippen molar-refractivity contribution in [3.05, 3.63) is 108 Å². The maximum Gasteiger partial charge on any atom is 0.343 e. The van der Waals surface area contributed by atoms with Crippen LogP contribution in [0.15, 0.2) is 97.1 Å². The molecule has 3 N–H and O–H groups in total. The standard InChI is InChI=1S/C34H36N2O5/c1-24(2)33(37)40-22-8-4-3-7-21-39-27-17-13-26(14-18-27)34(38)41-28-15-11-25(12-16-28)23-36-32-20-19-31(35)29-9-5-6-10-30(29)32/h5-6,9-20,36H,1,3-4,7-8,21-23,35H2,2H3. The van der Waals surface area contributed by atoms with Crippen LogP contribution in [-0.2, 0) is 16.1 Å². The molecule has 7 nitrogen and oxygen atoms in total. The molecule has 0 unspecified atom stereocenters. The smallest absolute Gasteiger partial charge is 0.343 e. The number of nitrogens with one attached hydrogen (secondary N) is 1. The number of carbonyl (C=O) groups excluding carboxylic acids is 2. The molecule has 0 aromatic heterocycles. The average molecular weight is 553 g/mol. The monoisotopic (exact) mass is 552 g/mol. The van der Waals surface area contributed by atoms with Crippen LogP contribution >= 0.6 is 0 Å². The van der Waals surface area contributed by atoms with E-state index in [0.717, 1.165) is 53.4 Å². The van der Waals surface area contributed by atoms with Gasteiger partial charge in [0, 0.05) is 34.3 Å². The number of ether oxygens (including phenoxy) is 3. The Kier molecular flexibility index (Phi) is 10.4. The van der Waals surface area contributed by atoms with Gasteiger partial charge < -0.3 is 25.3 Å². The van der Waals surface area contributed by atoms with E-state index < -0.39 is 5.97 Å². The van der Waals surface area contributed by atoms with Crippen molar-refractivity contribution >= 4 is 34.1 Å². The first-order valence-electron chi connectivity index (χ1n) is 13.8. The van der Waals surface area contributed by atoms with E-state index in [-0.39, 0.29) is 5.97 Å². The molecule has 0 aliphatic rings. The number of rotatable bonds is 14. The fourth-order valence-electron chi connectivity index (χ4n) is 4.24. The van der Waals surface area contributed by atoms with Crippen molar-refractivity contribution < 1.29 is 23.8 Å². The van der Waals surface area contributed by atoms with Crippen LogP contribution in [0.25, 0.3) is 10.8 Å². The lowest BCUT2D eigenvalue weighted by Gasteiger charge is -2.12. The van der Waals surface area contributed by atoms with E-state index in [0.29, 0.717) is 42.4 Å². The van der Waals surface area contributed by atoms with Gasteiger partial charge in [0.15, 0.2) is 0 Å². The molecule has 4 aromatic carbocycles. The van der Waals surface area contributed by atoms with Crippen molar-refractivity contribution in [2.75, 3.05) is 24.3 Å². The molecule has 0 fully saturated rings. The van der Waals surface area contributed by atoms with Crippen LogP contribution < -0.4 is 20.5 Å². The predicted octanol–water partition coefficient (Wildman–Crippen LogP) is 7.31. The largest absolute Gasteiger partial charge is 0.494 e. The zero-order chi connectivity index (χ0) is 29.0. The Morgan fingerprint density at radius 1 is 0.780 bits per heavy atom. The van der Waals surface area contributed by atoms with Gasteiger partial charge in [-0.05, 0) is 86.7 Å². The second kappa shape index (κ2) is 14.6. The van der Waals surface area contributed by atoms with Gasteiger partial charge in [-0.15, -0.1) is 0 Å². The fraction of sp³-hybridized carbons (Fsp3) is 0.235. The summed E-state index contributed by atoms with van der Waals surface area (Å²) >= 11 is 0. The number of unbranched alkanes of at least 4 members (excludes halogenated alkanes) is 3. The Morgan fingerprint density at radius 2 is 1.44 bits per heavy atom. The highest BCUT2D eigenvalue weighted by Gasteiger charge is 2.10. The topological polar surface area (TPSA) is 99.9 Å². The highest BCUT2D eigenvalue weighted by atomic mass is 16.5. The van der Waals surface area contributed by atoms with Crippen LogP contribution in [0.3, 0.4) is 0 Å². The van der Waals surface area contributed by atoms with E-state index in [1.54, 1.807) is 43.3 Å². The first-order chi connectivity index (χ1) is 19.9. The summed E-state index contributed by atoms with van der Waals surface area (Å²) in [5.41, 5.74) is 9.79. The second-order valence-electron chi connectivity index (χ2n) is 9.84. The van der Waals surface area contributed by atoms with Crippen LogP contribution in [-0.4, -0.2) is 25.2 Å². The third kappa shape index (κ3) is 8.60. The second-order valence-corrected chi connectivity index (χ2v) is 9.84. The Bertz CT molecular complexity index is 1480. The van der Waals surface area contributed by atoms with E-state index in [2.05, 4.69) is 11.9 Å². The zero-order valence-corrected chi connectivity index (χ0v) is 23.4. The summed E-state index contributed by atoms with van der Waals surface area (Å²) in [7, 11) is 0. The van der Waals surface area contributed by atoms with Gasteiger partial charge in [0.1, 0.15) is 11.5 Å². The molecular weight excluding hydrogens is 516 g/mol. The van der Waals surface area contributed by atoms with E-state index >= 15 is 0 Å². The molecule has 41 heavy (non-hydrogen) atoms. The lowest BCUT2D eigenvalue weighted by atomic mass is 10.1. The summed E-state index contributed by atoms with van der Waals surface area (Å²) in [6, 6.07) is 26.3. The summed E-state index contributed by atoms with van der Waals surface area (Å²) in [6.45, 7) is 6.80.